The van der Waals surface area contributed by atoms with E-state index in [2.05, 4.69) is 30.7 Å². The molecular weight excluding hydrogens is 232 g/mol. The van der Waals surface area contributed by atoms with E-state index in [9.17, 15) is 4.79 Å². The molecule has 0 spiro atoms. The highest BCUT2D eigenvalue weighted by molar-refractivity contribution is 7.18. The van der Waals surface area contributed by atoms with Gasteiger partial charge in [-0.3, -0.25) is 0 Å². The van der Waals surface area contributed by atoms with E-state index in [1.165, 1.54) is 0 Å². The Bertz CT molecular complexity index is 589. The SMILES string of the molecule is CC(C)(C)c1nc2ccc(CN=C=O)cc2s1. The average molecular weight is 246 g/mol. The molecule has 3 nitrogen and oxygen atoms in total. The maximum atomic E-state index is 10.1. The van der Waals surface area contributed by atoms with Crippen molar-refractivity contribution in [2.24, 2.45) is 4.99 Å². The summed E-state index contributed by atoms with van der Waals surface area (Å²) in [5, 5.41) is 1.13. The van der Waals surface area contributed by atoms with Crippen molar-refractivity contribution in [1.29, 1.82) is 0 Å². The van der Waals surface area contributed by atoms with Crippen LogP contribution in [0.25, 0.3) is 10.2 Å². The largest absolute Gasteiger partial charge is 0.241 e. The average Bonchev–Trinajstić information content (AvgIpc) is 2.68. The van der Waals surface area contributed by atoms with Crippen molar-refractivity contribution in [3.63, 3.8) is 0 Å². The minimum atomic E-state index is 0.0742. The Morgan fingerprint density at radius 2 is 2.18 bits per heavy atom. The number of hydrogen-bond donors (Lipinski definition) is 0. The van der Waals surface area contributed by atoms with Gasteiger partial charge in [0.05, 0.1) is 21.8 Å². The van der Waals surface area contributed by atoms with Crippen molar-refractivity contribution in [3.8, 4) is 0 Å². The number of nitrogens with zero attached hydrogens (tertiary/aromatic N) is 2. The topological polar surface area (TPSA) is 42.3 Å². The van der Waals surface area contributed by atoms with Crippen molar-refractivity contribution in [3.05, 3.63) is 28.8 Å². The second kappa shape index (κ2) is 4.40. The Labute approximate surface area is 104 Å². The fraction of sp³-hybridized carbons (Fsp3) is 0.385. The van der Waals surface area contributed by atoms with Gasteiger partial charge in [-0.2, -0.15) is 0 Å². The molecule has 4 heteroatoms. The fourth-order valence-corrected chi connectivity index (χ4v) is 2.60. The molecular formula is C13H14N2OS. The molecule has 0 aliphatic carbocycles. The van der Waals surface area contributed by atoms with E-state index < -0.39 is 0 Å². The minimum absolute atomic E-state index is 0.0742. The van der Waals surface area contributed by atoms with E-state index >= 15 is 0 Å². The van der Waals surface area contributed by atoms with Crippen LogP contribution in [0.1, 0.15) is 31.3 Å². The molecule has 17 heavy (non-hydrogen) atoms. The maximum Gasteiger partial charge on any atom is 0.235 e. The molecule has 2 aromatic rings. The van der Waals surface area contributed by atoms with Crippen LogP contribution in [0.2, 0.25) is 0 Å². The lowest BCUT2D eigenvalue weighted by Crippen LogP contribution is -2.09. The number of isocyanates is 1. The molecule has 88 valence electrons. The van der Waals surface area contributed by atoms with Gasteiger partial charge >= 0.3 is 0 Å². The minimum Gasteiger partial charge on any atom is -0.241 e. The number of aromatic nitrogens is 1. The van der Waals surface area contributed by atoms with Crippen molar-refractivity contribution in [2.45, 2.75) is 32.7 Å². The third-order valence-electron chi connectivity index (χ3n) is 2.42. The molecule has 0 N–H and O–H groups in total. The van der Waals surface area contributed by atoms with E-state index in [1.807, 2.05) is 18.2 Å². The van der Waals surface area contributed by atoms with E-state index in [-0.39, 0.29) is 5.41 Å². The Hall–Kier alpha value is -1.51. The summed E-state index contributed by atoms with van der Waals surface area (Å²) in [5.41, 5.74) is 2.11. The first-order chi connectivity index (χ1) is 8.00. The Kier molecular flexibility index (Phi) is 3.09. The lowest BCUT2D eigenvalue weighted by molar-refractivity contribution is 0.563. The summed E-state index contributed by atoms with van der Waals surface area (Å²) >= 11 is 1.70. The molecule has 0 aliphatic heterocycles. The highest BCUT2D eigenvalue weighted by atomic mass is 32.1. The highest BCUT2D eigenvalue weighted by Crippen LogP contribution is 2.31. The van der Waals surface area contributed by atoms with Crippen LogP contribution in [0.3, 0.4) is 0 Å². The van der Waals surface area contributed by atoms with Crippen molar-refractivity contribution in [2.75, 3.05) is 0 Å². The summed E-state index contributed by atoms with van der Waals surface area (Å²) in [6.07, 6.45) is 1.56. The first kappa shape index (κ1) is 12.0. The monoisotopic (exact) mass is 246 g/mol. The van der Waals surface area contributed by atoms with Gasteiger partial charge in [-0.1, -0.05) is 26.8 Å². The number of aliphatic imine (C=N–C) groups is 1. The fourth-order valence-electron chi connectivity index (χ4n) is 1.51. The number of hydrogen-bond acceptors (Lipinski definition) is 4. The van der Waals surface area contributed by atoms with Crippen LogP contribution < -0.4 is 0 Å². The summed E-state index contributed by atoms with van der Waals surface area (Å²) < 4.78 is 1.15. The predicted molar refractivity (Wildman–Crippen MR) is 70.1 cm³/mol. The number of thiazole rings is 1. The van der Waals surface area contributed by atoms with Gasteiger partial charge in [-0.25, -0.2) is 14.8 Å². The van der Waals surface area contributed by atoms with Gasteiger partial charge in [0, 0.05) is 5.41 Å². The molecule has 0 atom stereocenters. The van der Waals surface area contributed by atoms with Crippen LogP contribution in [0.15, 0.2) is 23.2 Å². The van der Waals surface area contributed by atoms with Crippen LogP contribution in [-0.4, -0.2) is 11.1 Å². The summed E-state index contributed by atoms with van der Waals surface area (Å²) in [6.45, 7) is 6.86. The molecule has 0 amide bonds. The van der Waals surface area contributed by atoms with Crippen LogP contribution in [0.5, 0.6) is 0 Å². The number of fused-ring (bicyclic) bond motifs is 1. The van der Waals surface area contributed by atoms with Crippen LogP contribution in [0, 0.1) is 0 Å². The Balaban J connectivity index is 2.44. The zero-order chi connectivity index (χ0) is 12.5. The molecule has 0 radical (unpaired) electrons. The molecule has 0 unspecified atom stereocenters. The summed E-state index contributed by atoms with van der Waals surface area (Å²) in [5.74, 6) is 0. The second-order valence-corrected chi connectivity index (χ2v) is 6.01. The van der Waals surface area contributed by atoms with Gasteiger partial charge in [0.25, 0.3) is 0 Å². The smallest absolute Gasteiger partial charge is 0.235 e. The maximum absolute atomic E-state index is 10.1. The standard InChI is InChI=1S/C13H14N2OS/c1-13(2,3)12-15-10-5-4-9(7-14-8-16)6-11(10)17-12/h4-6H,7H2,1-3H3. The first-order valence-electron chi connectivity index (χ1n) is 5.44. The molecule has 1 heterocycles. The third kappa shape index (κ3) is 2.60. The summed E-state index contributed by atoms with van der Waals surface area (Å²) in [6, 6.07) is 5.98. The molecule has 0 fully saturated rings. The van der Waals surface area contributed by atoms with E-state index in [1.54, 1.807) is 17.4 Å². The molecule has 0 saturated carbocycles. The van der Waals surface area contributed by atoms with E-state index in [4.69, 9.17) is 0 Å². The molecule has 0 saturated heterocycles. The predicted octanol–water partition coefficient (Wildman–Crippen LogP) is 3.43. The lowest BCUT2D eigenvalue weighted by atomic mass is 9.98. The summed E-state index contributed by atoms with van der Waals surface area (Å²) in [7, 11) is 0. The van der Waals surface area contributed by atoms with Gasteiger partial charge in [0.2, 0.25) is 6.08 Å². The third-order valence-corrected chi connectivity index (χ3v) is 3.86. The van der Waals surface area contributed by atoms with Gasteiger partial charge in [0.1, 0.15) is 0 Å². The zero-order valence-corrected chi connectivity index (χ0v) is 11.0. The number of carbonyl (C=O) groups excluding carboxylic acids is 1. The van der Waals surface area contributed by atoms with Crippen molar-refractivity contribution >= 4 is 27.6 Å². The normalized spacial score (nSPS) is 11.5. The number of benzene rings is 1. The quantitative estimate of drug-likeness (QED) is 0.601. The lowest BCUT2D eigenvalue weighted by Gasteiger charge is -2.13. The van der Waals surface area contributed by atoms with Gasteiger partial charge < -0.3 is 0 Å². The second-order valence-electron chi connectivity index (χ2n) is 4.98. The molecule has 1 aromatic carbocycles. The molecule has 1 aromatic heterocycles. The zero-order valence-electron chi connectivity index (χ0n) is 10.2. The number of rotatable bonds is 2. The van der Waals surface area contributed by atoms with E-state index in [0.717, 1.165) is 20.8 Å². The van der Waals surface area contributed by atoms with Crippen LogP contribution in [0.4, 0.5) is 0 Å². The van der Waals surface area contributed by atoms with Gasteiger partial charge in [-0.05, 0) is 17.7 Å². The van der Waals surface area contributed by atoms with Crippen LogP contribution >= 0.6 is 11.3 Å². The van der Waals surface area contributed by atoms with Crippen molar-refractivity contribution < 1.29 is 4.79 Å². The Morgan fingerprint density at radius 1 is 1.41 bits per heavy atom. The molecule has 0 bridgehead atoms. The van der Waals surface area contributed by atoms with Crippen LogP contribution in [-0.2, 0) is 16.8 Å². The molecule has 2 rings (SSSR count). The summed E-state index contributed by atoms with van der Waals surface area (Å²) in [4.78, 5) is 18.3. The molecule has 0 aliphatic rings. The highest BCUT2D eigenvalue weighted by Gasteiger charge is 2.18. The Morgan fingerprint density at radius 3 is 2.82 bits per heavy atom. The van der Waals surface area contributed by atoms with E-state index in [0.29, 0.717) is 6.54 Å². The van der Waals surface area contributed by atoms with Gasteiger partial charge in [0.15, 0.2) is 0 Å². The first-order valence-corrected chi connectivity index (χ1v) is 6.26. The van der Waals surface area contributed by atoms with Crippen molar-refractivity contribution in [1.82, 2.24) is 4.98 Å². The van der Waals surface area contributed by atoms with Gasteiger partial charge in [-0.15, -0.1) is 11.3 Å².